The van der Waals surface area contributed by atoms with Crippen LogP contribution < -0.4 is 4.90 Å². The number of aryl methyl sites for hydroxylation is 1. The third kappa shape index (κ3) is 2.90. The number of rotatable bonds is 4. The van der Waals surface area contributed by atoms with Gasteiger partial charge in [0.1, 0.15) is 0 Å². The number of hydrogen-bond donors (Lipinski definition) is 0. The minimum absolute atomic E-state index is 0.310. The van der Waals surface area contributed by atoms with E-state index in [1.165, 1.54) is 19.3 Å². The Bertz CT molecular complexity index is 896. The molecular formula is C20H22N4O. The van der Waals surface area contributed by atoms with Crippen molar-refractivity contribution in [2.45, 2.75) is 45.1 Å². The van der Waals surface area contributed by atoms with Crippen LogP contribution in [0.3, 0.4) is 0 Å². The Balaban J connectivity index is 1.73. The summed E-state index contributed by atoms with van der Waals surface area (Å²) in [4.78, 5) is 22.6. The van der Waals surface area contributed by atoms with Gasteiger partial charge in [0.15, 0.2) is 0 Å². The first-order valence-electron chi connectivity index (χ1n) is 8.91. The second kappa shape index (κ2) is 6.67. The zero-order valence-electron chi connectivity index (χ0n) is 14.4. The topological polar surface area (TPSA) is 50.5 Å². The number of carbonyl (C=O) groups excluding carboxylic acids is 1. The summed E-state index contributed by atoms with van der Waals surface area (Å²) >= 11 is 0. The van der Waals surface area contributed by atoms with Crippen molar-refractivity contribution in [1.29, 1.82) is 0 Å². The summed E-state index contributed by atoms with van der Waals surface area (Å²) in [6, 6.07) is 10.3. The number of amides is 1. The van der Waals surface area contributed by atoms with Gasteiger partial charge in [-0.25, -0.2) is 9.97 Å². The number of nitrogens with zero attached hydrogens (tertiary/aromatic N) is 4. The summed E-state index contributed by atoms with van der Waals surface area (Å²) in [6.07, 6.45) is 10.5. The van der Waals surface area contributed by atoms with E-state index in [0.717, 1.165) is 41.9 Å². The fraction of sp³-hybridized carbons (Fsp3) is 0.350. The molecule has 25 heavy (non-hydrogen) atoms. The van der Waals surface area contributed by atoms with Crippen LogP contribution in [-0.2, 0) is 4.79 Å². The van der Waals surface area contributed by atoms with E-state index in [4.69, 9.17) is 0 Å². The average Bonchev–Trinajstić information content (AvgIpc) is 3.01. The van der Waals surface area contributed by atoms with Gasteiger partial charge in [-0.3, -0.25) is 9.20 Å². The number of aromatic nitrogens is 3. The molecule has 1 saturated carbocycles. The molecule has 0 atom stereocenters. The molecule has 1 fully saturated rings. The standard InChI is InChI=1S/C20H22N4O/c1-15-19(22-20-21-11-6-12-23(15)20)16-7-5-10-18(13-16)24(14-25)17-8-3-2-4-9-17/h5-7,10-14,17H,2-4,8-9H2,1H3. The first kappa shape index (κ1) is 15.8. The Hall–Kier alpha value is -2.69. The minimum atomic E-state index is 0.310. The summed E-state index contributed by atoms with van der Waals surface area (Å²) < 4.78 is 1.99. The van der Waals surface area contributed by atoms with Gasteiger partial charge in [-0.2, -0.15) is 0 Å². The number of fused-ring (bicyclic) bond motifs is 1. The van der Waals surface area contributed by atoms with E-state index < -0.39 is 0 Å². The van der Waals surface area contributed by atoms with Crippen molar-refractivity contribution in [3.05, 3.63) is 48.4 Å². The van der Waals surface area contributed by atoms with E-state index in [9.17, 15) is 4.79 Å². The molecule has 0 aliphatic heterocycles. The molecule has 2 heterocycles. The second-order valence-electron chi connectivity index (χ2n) is 6.69. The van der Waals surface area contributed by atoms with Gasteiger partial charge in [-0.05, 0) is 38.0 Å². The highest BCUT2D eigenvalue weighted by molar-refractivity contribution is 5.79. The van der Waals surface area contributed by atoms with E-state index in [1.807, 2.05) is 46.7 Å². The fourth-order valence-electron chi connectivity index (χ4n) is 3.81. The molecule has 0 bridgehead atoms. The summed E-state index contributed by atoms with van der Waals surface area (Å²) in [5.41, 5.74) is 3.93. The van der Waals surface area contributed by atoms with Crippen LogP contribution in [0.15, 0.2) is 42.7 Å². The van der Waals surface area contributed by atoms with E-state index in [2.05, 4.69) is 16.0 Å². The second-order valence-corrected chi connectivity index (χ2v) is 6.69. The van der Waals surface area contributed by atoms with Crippen LogP contribution in [0.5, 0.6) is 0 Å². The maximum atomic E-state index is 11.8. The van der Waals surface area contributed by atoms with Crippen molar-refractivity contribution in [2.24, 2.45) is 0 Å². The highest BCUT2D eigenvalue weighted by atomic mass is 16.1. The molecule has 4 rings (SSSR count). The van der Waals surface area contributed by atoms with Crippen LogP contribution in [-0.4, -0.2) is 26.8 Å². The van der Waals surface area contributed by atoms with Crippen LogP contribution in [0.25, 0.3) is 17.0 Å². The number of hydrogen-bond acceptors (Lipinski definition) is 3. The zero-order valence-corrected chi connectivity index (χ0v) is 14.4. The number of benzene rings is 1. The van der Waals surface area contributed by atoms with Crippen LogP contribution in [0, 0.1) is 6.92 Å². The first-order valence-corrected chi connectivity index (χ1v) is 8.91. The molecule has 0 N–H and O–H groups in total. The Morgan fingerprint density at radius 2 is 2.04 bits per heavy atom. The maximum Gasteiger partial charge on any atom is 0.234 e. The smallest absolute Gasteiger partial charge is 0.234 e. The lowest BCUT2D eigenvalue weighted by Gasteiger charge is -2.31. The molecule has 1 aromatic carbocycles. The van der Waals surface area contributed by atoms with Crippen molar-refractivity contribution >= 4 is 17.9 Å². The fourth-order valence-corrected chi connectivity index (χ4v) is 3.81. The third-order valence-corrected chi connectivity index (χ3v) is 5.14. The molecule has 1 aliphatic carbocycles. The van der Waals surface area contributed by atoms with Gasteiger partial charge in [-0.1, -0.05) is 31.4 Å². The maximum absolute atomic E-state index is 11.8. The van der Waals surface area contributed by atoms with Gasteiger partial charge in [0.2, 0.25) is 12.2 Å². The van der Waals surface area contributed by atoms with E-state index in [0.29, 0.717) is 11.8 Å². The molecule has 3 aromatic rings. The van der Waals surface area contributed by atoms with Crippen molar-refractivity contribution in [1.82, 2.24) is 14.4 Å². The summed E-state index contributed by atoms with van der Waals surface area (Å²) in [5, 5.41) is 0. The lowest BCUT2D eigenvalue weighted by Crippen LogP contribution is -2.35. The first-order chi connectivity index (χ1) is 12.3. The highest BCUT2D eigenvalue weighted by Crippen LogP contribution is 2.30. The van der Waals surface area contributed by atoms with E-state index >= 15 is 0 Å². The largest absolute Gasteiger partial charge is 0.312 e. The molecule has 1 amide bonds. The van der Waals surface area contributed by atoms with Gasteiger partial charge in [-0.15, -0.1) is 0 Å². The number of anilines is 1. The molecule has 0 saturated heterocycles. The van der Waals surface area contributed by atoms with Crippen LogP contribution in [0.4, 0.5) is 5.69 Å². The van der Waals surface area contributed by atoms with Crippen molar-refractivity contribution in [3.8, 4) is 11.3 Å². The van der Waals surface area contributed by atoms with E-state index in [-0.39, 0.29) is 0 Å². The van der Waals surface area contributed by atoms with Gasteiger partial charge in [0.25, 0.3) is 0 Å². The Labute approximate surface area is 147 Å². The molecule has 2 aromatic heterocycles. The van der Waals surface area contributed by atoms with Gasteiger partial charge < -0.3 is 4.90 Å². The number of imidazole rings is 1. The predicted octanol–water partition coefficient (Wildman–Crippen LogP) is 4.00. The van der Waals surface area contributed by atoms with Crippen molar-refractivity contribution in [2.75, 3.05) is 4.90 Å². The number of carbonyl (C=O) groups is 1. The summed E-state index contributed by atoms with van der Waals surface area (Å²) in [5.74, 6) is 0.694. The quantitative estimate of drug-likeness (QED) is 0.678. The normalized spacial score (nSPS) is 15.4. The van der Waals surface area contributed by atoms with Crippen LogP contribution >= 0.6 is 0 Å². The van der Waals surface area contributed by atoms with Crippen LogP contribution in [0.2, 0.25) is 0 Å². The monoisotopic (exact) mass is 334 g/mol. The molecule has 0 radical (unpaired) electrons. The van der Waals surface area contributed by atoms with Crippen molar-refractivity contribution < 1.29 is 4.79 Å². The summed E-state index contributed by atoms with van der Waals surface area (Å²) in [6.45, 7) is 2.04. The molecule has 5 heteroatoms. The molecule has 1 aliphatic rings. The molecule has 5 nitrogen and oxygen atoms in total. The van der Waals surface area contributed by atoms with Gasteiger partial charge in [0.05, 0.1) is 5.69 Å². The Morgan fingerprint density at radius 1 is 1.20 bits per heavy atom. The Kier molecular flexibility index (Phi) is 4.22. The van der Waals surface area contributed by atoms with E-state index in [1.54, 1.807) is 6.20 Å². The van der Waals surface area contributed by atoms with Gasteiger partial charge >= 0.3 is 0 Å². The average molecular weight is 334 g/mol. The van der Waals surface area contributed by atoms with Gasteiger partial charge in [0, 0.05) is 35.4 Å². The minimum Gasteiger partial charge on any atom is -0.312 e. The molecule has 0 unspecified atom stereocenters. The van der Waals surface area contributed by atoms with Crippen molar-refractivity contribution in [3.63, 3.8) is 0 Å². The SMILES string of the molecule is Cc1c(-c2cccc(N(C=O)C3CCCCC3)c2)nc2ncccn12. The highest BCUT2D eigenvalue weighted by Gasteiger charge is 2.22. The van der Waals surface area contributed by atoms with Crippen LogP contribution in [0.1, 0.15) is 37.8 Å². The Morgan fingerprint density at radius 3 is 2.80 bits per heavy atom. The zero-order chi connectivity index (χ0) is 17.2. The molecule has 0 spiro atoms. The third-order valence-electron chi connectivity index (χ3n) is 5.14. The lowest BCUT2D eigenvalue weighted by atomic mass is 9.94. The molecule has 128 valence electrons. The lowest BCUT2D eigenvalue weighted by molar-refractivity contribution is -0.108. The summed E-state index contributed by atoms with van der Waals surface area (Å²) in [7, 11) is 0. The molecular weight excluding hydrogens is 312 g/mol. The predicted molar refractivity (Wildman–Crippen MR) is 98.6 cm³/mol.